The Labute approximate surface area is 252 Å². The number of nitrogens with one attached hydrogen (secondary N) is 2. The fraction of sp³-hybridized carbons (Fsp3) is 0.731. The number of amides is 2. The molecule has 18 nitrogen and oxygen atoms in total. The van der Waals surface area contributed by atoms with E-state index in [2.05, 4.69) is 10.6 Å². The van der Waals surface area contributed by atoms with Gasteiger partial charge < -0.3 is 53.6 Å². The molecule has 0 spiro atoms. The highest BCUT2D eigenvalue weighted by atomic mass is 16.7. The fourth-order valence-electron chi connectivity index (χ4n) is 4.70. The van der Waals surface area contributed by atoms with Gasteiger partial charge in [0, 0.05) is 48.5 Å². The average Bonchev–Trinajstić information content (AvgIpc) is 2.87. The van der Waals surface area contributed by atoms with Crippen molar-refractivity contribution in [1.82, 2.24) is 10.6 Å². The van der Waals surface area contributed by atoms with E-state index >= 15 is 0 Å². The summed E-state index contributed by atoms with van der Waals surface area (Å²) in [6.45, 7) is 6.58. The minimum absolute atomic E-state index is 0.531. The molecule has 0 saturated carbocycles. The minimum atomic E-state index is -1.78. The molecule has 2 rings (SSSR count). The molecule has 0 aromatic rings. The third kappa shape index (κ3) is 10.7. The number of esters is 5. The number of hydrogen-bond acceptors (Lipinski definition) is 16. The van der Waals surface area contributed by atoms with Gasteiger partial charge in [-0.25, -0.2) is 0 Å². The van der Waals surface area contributed by atoms with Crippen LogP contribution < -0.4 is 10.6 Å². The Morgan fingerprint density at radius 1 is 0.568 bits per heavy atom. The van der Waals surface area contributed by atoms with Crippen LogP contribution in [0.5, 0.6) is 0 Å². The summed E-state index contributed by atoms with van der Waals surface area (Å²) in [4.78, 5) is 83.8. The van der Waals surface area contributed by atoms with E-state index in [0.29, 0.717) is 0 Å². The van der Waals surface area contributed by atoms with Gasteiger partial charge in [-0.2, -0.15) is 0 Å². The summed E-state index contributed by atoms with van der Waals surface area (Å²) < 4.78 is 44.2. The van der Waals surface area contributed by atoms with Crippen molar-refractivity contribution in [2.45, 2.75) is 110 Å². The van der Waals surface area contributed by atoms with Gasteiger partial charge in [-0.3, -0.25) is 33.6 Å². The van der Waals surface area contributed by atoms with Gasteiger partial charge in [-0.05, 0) is 0 Å². The largest absolute Gasteiger partial charge is 0.463 e. The van der Waals surface area contributed by atoms with Gasteiger partial charge >= 0.3 is 29.8 Å². The second-order valence-electron chi connectivity index (χ2n) is 9.99. The third-order valence-electron chi connectivity index (χ3n) is 6.15. The number of aliphatic hydroxyl groups excluding tert-OH is 1. The number of hydrogen-bond donors (Lipinski definition) is 3. The summed E-state index contributed by atoms with van der Waals surface area (Å²) in [5.74, 6) is -5.31. The van der Waals surface area contributed by atoms with E-state index in [-0.39, 0.29) is 0 Å². The van der Waals surface area contributed by atoms with Crippen LogP contribution in [0.3, 0.4) is 0 Å². The maximum absolute atomic E-state index is 12.3. The molecule has 0 aromatic heterocycles. The number of aliphatic hydroxyl groups is 1. The van der Waals surface area contributed by atoms with Crippen molar-refractivity contribution in [2.24, 2.45) is 0 Å². The normalized spacial score (nSPS) is 31.5. The molecule has 1 unspecified atom stereocenters. The lowest BCUT2D eigenvalue weighted by Gasteiger charge is -2.49. The van der Waals surface area contributed by atoms with E-state index in [1.807, 2.05) is 0 Å². The molecule has 3 N–H and O–H groups in total. The minimum Gasteiger partial charge on any atom is -0.463 e. The average molecular weight is 635 g/mol. The van der Waals surface area contributed by atoms with Crippen LogP contribution in [-0.4, -0.2) is 121 Å². The topological polar surface area (TPSA) is 238 Å². The van der Waals surface area contributed by atoms with Crippen molar-refractivity contribution in [3.8, 4) is 0 Å². The Balaban J connectivity index is 2.66. The monoisotopic (exact) mass is 634 g/mol. The number of carbonyl (C=O) groups excluding carboxylic acids is 7. The van der Waals surface area contributed by atoms with Crippen molar-refractivity contribution in [3.63, 3.8) is 0 Å². The summed E-state index contributed by atoms with van der Waals surface area (Å²) in [5, 5.41) is 15.6. The lowest BCUT2D eigenvalue weighted by atomic mass is 9.94. The maximum Gasteiger partial charge on any atom is 0.303 e. The Hall–Kier alpha value is -3.87. The zero-order valence-corrected chi connectivity index (χ0v) is 25.3. The first kappa shape index (κ1) is 36.3. The molecule has 18 heteroatoms. The van der Waals surface area contributed by atoms with Crippen LogP contribution in [0.2, 0.25) is 0 Å². The fourth-order valence-corrected chi connectivity index (χ4v) is 4.70. The number of ether oxygens (including phenoxy) is 8. The molecule has 44 heavy (non-hydrogen) atoms. The molecule has 2 fully saturated rings. The SMILES string of the molecule is CC(=O)N[C@H]1[C@H](O[C@H]2[C@H](OC(C)=O)[C@@H](NC(C)=O)C(O)O[C@@H]2COC(C)=O)O[C@H](COC(C)=O)[C@@H](OC(C)=O)[C@@H]1OC(C)=O. The molecule has 2 saturated heterocycles. The Morgan fingerprint density at radius 2 is 0.977 bits per heavy atom. The van der Waals surface area contributed by atoms with E-state index in [4.69, 9.17) is 37.9 Å². The molecule has 248 valence electrons. The van der Waals surface area contributed by atoms with Crippen molar-refractivity contribution in [1.29, 1.82) is 0 Å². The Bertz CT molecular complexity index is 1100. The van der Waals surface area contributed by atoms with Crippen LogP contribution in [0.1, 0.15) is 48.5 Å². The van der Waals surface area contributed by atoms with Gasteiger partial charge in [0.25, 0.3) is 0 Å². The lowest BCUT2D eigenvalue weighted by molar-refractivity contribution is -0.330. The van der Waals surface area contributed by atoms with Gasteiger partial charge in [0.05, 0.1) is 0 Å². The highest BCUT2D eigenvalue weighted by Crippen LogP contribution is 2.33. The Morgan fingerprint density at radius 3 is 1.41 bits per heavy atom. The molecule has 2 heterocycles. The molecule has 10 atom stereocenters. The van der Waals surface area contributed by atoms with E-state index in [1.165, 1.54) is 0 Å². The van der Waals surface area contributed by atoms with Crippen LogP contribution in [0, 0.1) is 0 Å². The van der Waals surface area contributed by atoms with Gasteiger partial charge in [-0.15, -0.1) is 0 Å². The molecular formula is C26H38N2O16. The summed E-state index contributed by atoms with van der Waals surface area (Å²) >= 11 is 0. The third-order valence-corrected chi connectivity index (χ3v) is 6.15. The molecule has 2 aliphatic heterocycles. The quantitative estimate of drug-likeness (QED) is 0.161. The molecule has 0 bridgehead atoms. The molecule has 0 aliphatic carbocycles. The zero-order chi connectivity index (χ0) is 33.3. The molecular weight excluding hydrogens is 596 g/mol. The van der Waals surface area contributed by atoms with Crippen LogP contribution in [-0.2, 0) is 71.5 Å². The second-order valence-corrected chi connectivity index (χ2v) is 9.99. The predicted molar refractivity (Wildman–Crippen MR) is 140 cm³/mol. The summed E-state index contributed by atoms with van der Waals surface area (Å²) in [5.41, 5.74) is 0. The second kappa shape index (κ2) is 16.3. The maximum atomic E-state index is 12.3. The van der Waals surface area contributed by atoms with Crippen LogP contribution in [0.25, 0.3) is 0 Å². The highest BCUT2D eigenvalue weighted by molar-refractivity contribution is 5.74. The summed E-state index contributed by atoms with van der Waals surface area (Å²) in [7, 11) is 0. The van der Waals surface area contributed by atoms with Crippen molar-refractivity contribution in [3.05, 3.63) is 0 Å². The smallest absolute Gasteiger partial charge is 0.303 e. The first-order chi connectivity index (χ1) is 20.5. The van der Waals surface area contributed by atoms with Crippen molar-refractivity contribution >= 4 is 41.7 Å². The van der Waals surface area contributed by atoms with Gasteiger partial charge in [0.15, 0.2) is 30.9 Å². The molecule has 0 aromatic carbocycles. The molecule has 0 radical (unpaired) electrons. The van der Waals surface area contributed by atoms with Crippen LogP contribution in [0.4, 0.5) is 0 Å². The highest BCUT2D eigenvalue weighted by Gasteiger charge is 2.55. The van der Waals surface area contributed by atoms with Gasteiger partial charge in [0.2, 0.25) is 11.8 Å². The molecule has 2 amide bonds. The standard InChI is InChI=1S/C26H38N2O16/c1-10(29)27-19-23(40-15(6)34)22(17(42-25(19)36)8-37-12(3)31)44-26-20(28-11(2)30)24(41-16(7)35)21(39-14(5)33)18(43-26)9-38-13(4)32/h17-26,36H,8-9H2,1-7H3,(H,27,29)(H,28,30)/t17-,18-,19-,20-,21-,22-,23-,24-,25?,26+/m1/s1. The van der Waals surface area contributed by atoms with Crippen molar-refractivity contribution in [2.75, 3.05) is 13.2 Å². The number of carbonyl (C=O) groups is 7. The summed E-state index contributed by atoms with van der Waals surface area (Å²) in [6.07, 6.45) is -12.1. The van der Waals surface area contributed by atoms with E-state index < -0.39 is 116 Å². The van der Waals surface area contributed by atoms with E-state index in [0.717, 1.165) is 48.5 Å². The van der Waals surface area contributed by atoms with E-state index in [9.17, 15) is 38.7 Å². The Kier molecular flexibility index (Phi) is 13.4. The predicted octanol–water partition coefficient (Wildman–Crippen LogP) is -2.26. The molecule has 2 aliphatic rings. The van der Waals surface area contributed by atoms with E-state index in [1.54, 1.807) is 0 Å². The zero-order valence-electron chi connectivity index (χ0n) is 25.3. The van der Waals surface area contributed by atoms with Crippen LogP contribution in [0.15, 0.2) is 0 Å². The first-order valence-electron chi connectivity index (χ1n) is 13.5. The summed E-state index contributed by atoms with van der Waals surface area (Å²) in [6, 6.07) is -2.83. The lowest BCUT2D eigenvalue weighted by Crippen LogP contribution is -2.70. The first-order valence-corrected chi connectivity index (χ1v) is 13.5. The van der Waals surface area contributed by atoms with Crippen molar-refractivity contribution < 1.29 is 76.6 Å². The van der Waals surface area contributed by atoms with Gasteiger partial charge in [0.1, 0.15) is 43.6 Å². The van der Waals surface area contributed by atoms with Gasteiger partial charge in [-0.1, -0.05) is 0 Å². The number of rotatable bonds is 11. The van der Waals surface area contributed by atoms with Crippen LogP contribution >= 0.6 is 0 Å².